The average molecular weight is 272 g/mol. The summed E-state index contributed by atoms with van der Waals surface area (Å²) < 4.78 is 11.2. The summed E-state index contributed by atoms with van der Waals surface area (Å²) in [6.45, 7) is 8.71. The number of hydrogen-bond donors (Lipinski definition) is 1. The SMILES string of the molecule is COC(C)(C)CCC(O)C1(OC)CCC(C)(C)CC1. The lowest BCUT2D eigenvalue weighted by atomic mass is 9.68. The number of aliphatic hydroxyl groups excluding tert-OH is 1. The van der Waals surface area contributed by atoms with Gasteiger partial charge in [-0.15, -0.1) is 0 Å². The molecular formula is C16H32O3. The molecule has 0 heterocycles. The maximum atomic E-state index is 10.6. The highest BCUT2D eigenvalue weighted by molar-refractivity contribution is 4.95. The highest BCUT2D eigenvalue weighted by Crippen LogP contribution is 2.44. The van der Waals surface area contributed by atoms with E-state index >= 15 is 0 Å². The topological polar surface area (TPSA) is 38.7 Å². The van der Waals surface area contributed by atoms with Crippen LogP contribution < -0.4 is 0 Å². The van der Waals surface area contributed by atoms with E-state index in [4.69, 9.17) is 9.47 Å². The molecule has 1 aliphatic rings. The molecule has 0 radical (unpaired) electrons. The van der Waals surface area contributed by atoms with E-state index in [2.05, 4.69) is 27.7 Å². The molecule has 114 valence electrons. The van der Waals surface area contributed by atoms with E-state index in [0.717, 1.165) is 38.5 Å². The molecule has 0 saturated heterocycles. The van der Waals surface area contributed by atoms with Crippen molar-refractivity contribution in [3.05, 3.63) is 0 Å². The second kappa shape index (κ2) is 6.11. The fourth-order valence-electron chi connectivity index (χ4n) is 2.87. The van der Waals surface area contributed by atoms with Crippen LogP contribution in [0.5, 0.6) is 0 Å². The molecule has 0 aromatic carbocycles. The van der Waals surface area contributed by atoms with Crippen LogP contribution in [-0.2, 0) is 9.47 Å². The third-order valence-corrected chi connectivity index (χ3v) is 5.04. The Kier molecular flexibility index (Phi) is 5.44. The summed E-state index contributed by atoms with van der Waals surface area (Å²) in [5, 5.41) is 10.6. The Bertz CT molecular complexity index is 274. The van der Waals surface area contributed by atoms with Crippen molar-refractivity contribution in [1.29, 1.82) is 0 Å². The Balaban J connectivity index is 2.60. The van der Waals surface area contributed by atoms with Gasteiger partial charge in [-0.3, -0.25) is 0 Å². The minimum atomic E-state index is -0.400. The standard InChI is InChI=1S/C16H32O3/c1-14(2)9-11-16(19-6,12-10-14)13(17)7-8-15(3,4)18-5/h13,17H,7-12H2,1-6H3. The Morgan fingerprint density at radius 1 is 1.11 bits per heavy atom. The van der Waals surface area contributed by atoms with Gasteiger partial charge in [0.1, 0.15) is 0 Å². The molecular weight excluding hydrogens is 240 g/mol. The second-order valence-electron chi connectivity index (χ2n) is 7.45. The third kappa shape index (κ3) is 4.44. The van der Waals surface area contributed by atoms with Crippen molar-refractivity contribution in [2.75, 3.05) is 14.2 Å². The van der Waals surface area contributed by atoms with Crippen LogP contribution in [0.25, 0.3) is 0 Å². The summed E-state index contributed by atoms with van der Waals surface area (Å²) in [6, 6.07) is 0. The molecule has 0 aromatic rings. The van der Waals surface area contributed by atoms with Crippen molar-refractivity contribution in [1.82, 2.24) is 0 Å². The number of methoxy groups -OCH3 is 2. The van der Waals surface area contributed by atoms with Crippen molar-refractivity contribution in [2.24, 2.45) is 5.41 Å². The molecule has 0 aromatic heterocycles. The van der Waals surface area contributed by atoms with Gasteiger partial charge in [0.25, 0.3) is 0 Å². The molecule has 3 nitrogen and oxygen atoms in total. The smallest absolute Gasteiger partial charge is 0.0936 e. The van der Waals surface area contributed by atoms with Crippen molar-refractivity contribution >= 4 is 0 Å². The van der Waals surface area contributed by atoms with E-state index in [-0.39, 0.29) is 11.2 Å². The van der Waals surface area contributed by atoms with E-state index in [0.29, 0.717) is 5.41 Å². The number of hydrogen-bond acceptors (Lipinski definition) is 3. The number of ether oxygens (including phenoxy) is 2. The van der Waals surface area contributed by atoms with Crippen LogP contribution in [0.2, 0.25) is 0 Å². The lowest BCUT2D eigenvalue weighted by Crippen LogP contribution is -2.48. The summed E-state index contributed by atoms with van der Waals surface area (Å²) in [6.07, 6.45) is 5.31. The van der Waals surface area contributed by atoms with Crippen LogP contribution in [0.4, 0.5) is 0 Å². The fraction of sp³-hybridized carbons (Fsp3) is 1.00. The maximum absolute atomic E-state index is 10.6. The van der Waals surface area contributed by atoms with E-state index < -0.39 is 6.10 Å². The highest BCUT2D eigenvalue weighted by atomic mass is 16.5. The zero-order valence-electron chi connectivity index (χ0n) is 13.6. The zero-order valence-corrected chi connectivity index (χ0v) is 13.6. The first-order valence-corrected chi connectivity index (χ1v) is 7.45. The second-order valence-corrected chi connectivity index (χ2v) is 7.45. The van der Waals surface area contributed by atoms with Gasteiger partial charge < -0.3 is 14.6 Å². The molecule has 1 fully saturated rings. The first-order valence-electron chi connectivity index (χ1n) is 7.45. The Hall–Kier alpha value is -0.120. The minimum absolute atomic E-state index is 0.177. The first-order chi connectivity index (χ1) is 8.66. The van der Waals surface area contributed by atoms with E-state index in [1.807, 2.05) is 0 Å². The summed E-state index contributed by atoms with van der Waals surface area (Å²) in [5.74, 6) is 0. The van der Waals surface area contributed by atoms with E-state index in [1.165, 1.54) is 0 Å². The number of aliphatic hydroxyl groups is 1. The Labute approximate surface area is 118 Å². The van der Waals surface area contributed by atoms with Crippen LogP contribution >= 0.6 is 0 Å². The van der Waals surface area contributed by atoms with Crippen LogP contribution in [0.3, 0.4) is 0 Å². The normalized spacial score (nSPS) is 24.2. The van der Waals surface area contributed by atoms with Gasteiger partial charge in [0, 0.05) is 14.2 Å². The molecule has 1 atom stereocenters. The maximum Gasteiger partial charge on any atom is 0.0936 e. The van der Waals surface area contributed by atoms with Gasteiger partial charge in [-0.25, -0.2) is 0 Å². The minimum Gasteiger partial charge on any atom is -0.390 e. The lowest BCUT2D eigenvalue weighted by molar-refractivity contribution is -0.142. The predicted octanol–water partition coefficient (Wildman–Crippen LogP) is 3.54. The van der Waals surface area contributed by atoms with Crippen molar-refractivity contribution < 1.29 is 14.6 Å². The van der Waals surface area contributed by atoms with Crippen LogP contribution in [0.15, 0.2) is 0 Å². The van der Waals surface area contributed by atoms with Crippen molar-refractivity contribution in [3.63, 3.8) is 0 Å². The quantitative estimate of drug-likeness (QED) is 0.804. The zero-order chi connectivity index (χ0) is 14.7. The molecule has 0 amide bonds. The van der Waals surface area contributed by atoms with Gasteiger partial charge in [0.2, 0.25) is 0 Å². The molecule has 1 aliphatic carbocycles. The van der Waals surface area contributed by atoms with Gasteiger partial charge in [0.15, 0.2) is 0 Å². The largest absolute Gasteiger partial charge is 0.390 e. The van der Waals surface area contributed by atoms with Gasteiger partial charge in [-0.1, -0.05) is 13.8 Å². The van der Waals surface area contributed by atoms with Gasteiger partial charge in [-0.05, 0) is 57.8 Å². The lowest BCUT2D eigenvalue weighted by Gasteiger charge is -2.45. The summed E-state index contributed by atoms with van der Waals surface area (Å²) in [4.78, 5) is 0. The van der Waals surface area contributed by atoms with E-state index in [9.17, 15) is 5.11 Å². The summed E-state index contributed by atoms with van der Waals surface area (Å²) in [7, 11) is 3.46. The predicted molar refractivity (Wildman–Crippen MR) is 78.3 cm³/mol. The highest BCUT2D eigenvalue weighted by Gasteiger charge is 2.43. The van der Waals surface area contributed by atoms with Crippen LogP contribution in [0, 0.1) is 5.41 Å². The molecule has 1 saturated carbocycles. The van der Waals surface area contributed by atoms with Gasteiger partial charge in [-0.2, -0.15) is 0 Å². The molecule has 0 bridgehead atoms. The molecule has 0 spiro atoms. The van der Waals surface area contributed by atoms with Crippen molar-refractivity contribution in [2.45, 2.75) is 83.5 Å². The molecule has 1 N–H and O–H groups in total. The molecule has 0 aliphatic heterocycles. The van der Waals surface area contributed by atoms with Crippen molar-refractivity contribution in [3.8, 4) is 0 Å². The number of rotatable bonds is 6. The van der Waals surface area contributed by atoms with Crippen LogP contribution in [-0.4, -0.2) is 36.6 Å². The molecule has 19 heavy (non-hydrogen) atoms. The Morgan fingerprint density at radius 3 is 2.05 bits per heavy atom. The van der Waals surface area contributed by atoms with Gasteiger partial charge in [0.05, 0.1) is 17.3 Å². The first kappa shape index (κ1) is 16.9. The van der Waals surface area contributed by atoms with Crippen LogP contribution in [0.1, 0.15) is 66.2 Å². The monoisotopic (exact) mass is 272 g/mol. The molecule has 1 unspecified atom stereocenters. The average Bonchev–Trinajstić information content (AvgIpc) is 2.37. The Morgan fingerprint density at radius 2 is 1.63 bits per heavy atom. The molecule has 3 heteroatoms. The van der Waals surface area contributed by atoms with E-state index in [1.54, 1.807) is 14.2 Å². The third-order valence-electron chi connectivity index (χ3n) is 5.04. The summed E-state index contributed by atoms with van der Waals surface area (Å²) >= 11 is 0. The molecule has 1 rings (SSSR count). The van der Waals surface area contributed by atoms with Gasteiger partial charge >= 0.3 is 0 Å². The summed E-state index contributed by atoms with van der Waals surface area (Å²) in [5.41, 5.74) is -0.142. The fourth-order valence-corrected chi connectivity index (χ4v) is 2.87.